The Labute approximate surface area is 129 Å². The van der Waals surface area contributed by atoms with Gasteiger partial charge in [0.05, 0.1) is 6.10 Å². The Bertz CT molecular complexity index is 456. The molecule has 1 N–H and O–H groups in total. The Hall–Kier alpha value is -0.580. The van der Waals surface area contributed by atoms with Gasteiger partial charge in [-0.2, -0.15) is 0 Å². The molecule has 20 heavy (non-hydrogen) atoms. The maximum atomic E-state index is 5.71. The molecule has 4 heteroatoms. The van der Waals surface area contributed by atoms with Crippen molar-refractivity contribution >= 4 is 21.6 Å². The number of halogens is 1. The van der Waals surface area contributed by atoms with Crippen LogP contribution in [0.5, 0.6) is 0 Å². The normalized spacial score (nSPS) is 22.2. The summed E-state index contributed by atoms with van der Waals surface area (Å²) in [6.45, 7) is 2.86. The minimum Gasteiger partial charge on any atom is -0.376 e. The highest BCUT2D eigenvalue weighted by molar-refractivity contribution is 9.10. The van der Waals surface area contributed by atoms with E-state index in [4.69, 9.17) is 4.74 Å². The summed E-state index contributed by atoms with van der Waals surface area (Å²) < 4.78 is 6.90. The Balaban J connectivity index is 1.59. The van der Waals surface area contributed by atoms with Crippen LogP contribution >= 0.6 is 15.9 Å². The summed E-state index contributed by atoms with van der Waals surface area (Å²) in [5.74, 6) is 0. The first-order chi connectivity index (χ1) is 9.72. The average Bonchev–Trinajstić information content (AvgIpc) is 3.13. The molecule has 1 aromatic rings. The monoisotopic (exact) mass is 338 g/mol. The molecule has 0 aromatic heterocycles. The number of hydrogen-bond acceptors (Lipinski definition) is 3. The van der Waals surface area contributed by atoms with Crippen LogP contribution in [0.2, 0.25) is 0 Å². The van der Waals surface area contributed by atoms with Crippen molar-refractivity contribution in [3.05, 3.63) is 28.2 Å². The van der Waals surface area contributed by atoms with Crippen molar-refractivity contribution in [2.75, 3.05) is 25.1 Å². The van der Waals surface area contributed by atoms with Gasteiger partial charge in [0.1, 0.15) is 0 Å². The van der Waals surface area contributed by atoms with E-state index in [-0.39, 0.29) is 0 Å². The molecule has 1 atom stereocenters. The molecule has 110 valence electrons. The molecule has 1 unspecified atom stereocenters. The lowest BCUT2D eigenvalue weighted by molar-refractivity contribution is 0.116. The predicted octanol–water partition coefficient (Wildman–Crippen LogP) is 3.32. The Morgan fingerprint density at radius 2 is 2.20 bits per heavy atom. The first-order valence-electron chi connectivity index (χ1n) is 7.57. The number of nitrogens with zero attached hydrogens (tertiary/aromatic N) is 1. The molecule has 1 saturated carbocycles. The van der Waals surface area contributed by atoms with Crippen molar-refractivity contribution in [3.63, 3.8) is 0 Å². The van der Waals surface area contributed by atoms with Crippen LogP contribution in [0.4, 0.5) is 5.69 Å². The van der Waals surface area contributed by atoms with Crippen LogP contribution < -0.4 is 10.2 Å². The number of ether oxygens (including phenoxy) is 1. The molecule has 0 bridgehead atoms. The highest BCUT2D eigenvalue weighted by atomic mass is 79.9. The van der Waals surface area contributed by atoms with Gasteiger partial charge in [-0.1, -0.05) is 22.0 Å². The summed E-state index contributed by atoms with van der Waals surface area (Å²) in [4.78, 5) is 2.29. The molecular weight excluding hydrogens is 316 g/mol. The maximum absolute atomic E-state index is 5.71. The van der Waals surface area contributed by atoms with E-state index in [1.807, 2.05) is 0 Å². The molecule has 0 amide bonds. The Morgan fingerprint density at radius 1 is 1.35 bits per heavy atom. The van der Waals surface area contributed by atoms with Gasteiger partial charge >= 0.3 is 0 Å². The fourth-order valence-corrected chi connectivity index (χ4v) is 3.16. The van der Waals surface area contributed by atoms with Gasteiger partial charge in [0.25, 0.3) is 0 Å². The van der Waals surface area contributed by atoms with Gasteiger partial charge in [-0.15, -0.1) is 0 Å². The number of hydrogen-bond donors (Lipinski definition) is 1. The molecule has 0 radical (unpaired) electrons. The highest BCUT2D eigenvalue weighted by Crippen LogP contribution is 2.26. The molecule has 1 heterocycles. The van der Waals surface area contributed by atoms with E-state index < -0.39 is 0 Å². The molecule has 1 saturated heterocycles. The minimum absolute atomic E-state index is 0.398. The van der Waals surface area contributed by atoms with Gasteiger partial charge in [0.2, 0.25) is 0 Å². The second-order valence-corrected chi connectivity index (χ2v) is 6.80. The van der Waals surface area contributed by atoms with Gasteiger partial charge in [-0.25, -0.2) is 0 Å². The number of rotatable bonds is 6. The summed E-state index contributed by atoms with van der Waals surface area (Å²) in [7, 11) is 2.14. The van der Waals surface area contributed by atoms with E-state index in [1.165, 1.54) is 41.4 Å². The van der Waals surface area contributed by atoms with Crippen LogP contribution in [0, 0.1) is 0 Å². The smallest absolute Gasteiger partial charge is 0.0750 e. The van der Waals surface area contributed by atoms with Crippen LogP contribution in [0.3, 0.4) is 0 Å². The zero-order valence-corrected chi connectivity index (χ0v) is 13.7. The van der Waals surface area contributed by atoms with Crippen LogP contribution in [0.25, 0.3) is 0 Å². The second kappa shape index (κ2) is 6.46. The molecule has 0 spiro atoms. The SMILES string of the molecule is CN(CC1CCCO1)c1ccc(CNC2CC2)c(Br)c1. The lowest BCUT2D eigenvalue weighted by Gasteiger charge is -2.23. The quantitative estimate of drug-likeness (QED) is 0.861. The zero-order valence-electron chi connectivity index (χ0n) is 12.1. The lowest BCUT2D eigenvalue weighted by Crippen LogP contribution is -2.28. The largest absolute Gasteiger partial charge is 0.376 e. The first kappa shape index (κ1) is 14.4. The lowest BCUT2D eigenvalue weighted by atomic mass is 10.1. The van der Waals surface area contributed by atoms with Gasteiger partial charge in [-0.3, -0.25) is 0 Å². The van der Waals surface area contributed by atoms with Gasteiger partial charge in [0, 0.05) is 42.9 Å². The molecule has 1 aliphatic carbocycles. The molecule has 3 rings (SSSR count). The summed E-state index contributed by atoms with van der Waals surface area (Å²) in [6, 6.07) is 7.41. The minimum atomic E-state index is 0.398. The fourth-order valence-electron chi connectivity index (χ4n) is 2.66. The maximum Gasteiger partial charge on any atom is 0.0750 e. The third-order valence-corrected chi connectivity index (χ3v) is 4.88. The number of benzene rings is 1. The van der Waals surface area contributed by atoms with Gasteiger partial charge in [-0.05, 0) is 43.4 Å². The number of anilines is 1. The first-order valence-corrected chi connectivity index (χ1v) is 8.36. The fraction of sp³-hybridized carbons (Fsp3) is 0.625. The summed E-state index contributed by atoms with van der Waals surface area (Å²) in [5.41, 5.74) is 2.59. The van der Waals surface area contributed by atoms with Crippen LogP contribution in [0.15, 0.2) is 22.7 Å². The van der Waals surface area contributed by atoms with E-state index in [1.54, 1.807) is 0 Å². The van der Waals surface area contributed by atoms with E-state index in [2.05, 4.69) is 51.4 Å². The third kappa shape index (κ3) is 3.74. The molecule has 2 fully saturated rings. The second-order valence-electron chi connectivity index (χ2n) is 5.95. The summed E-state index contributed by atoms with van der Waals surface area (Å²) in [5, 5.41) is 3.56. The molecular formula is C16H23BrN2O. The standard InChI is InChI=1S/C16H23BrN2O/c1-19(11-15-3-2-8-20-15)14-7-4-12(16(17)9-14)10-18-13-5-6-13/h4,7,9,13,15,18H,2-3,5-6,8,10-11H2,1H3. The molecule has 2 aliphatic rings. The highest BCUT2D eigenvalue weighted by Gasteiger charge is 2.21. The van der Waals surface area contributed by atoms with Crippen LogP contribution in [-0.2, 0) is 11.3 Å². The van der Waals surface area contributed by atoms with Crippen molar-refractivity contribution in [2.45, 2.75) is 44.4 Å². The van der Waals surface area contributed by atoms with E-state index in [9.17, 15) is 0 Å². The summed E-state index contributed by atoms with van der Waals surface area (Å²) in [6.07, 6.45) is 5.46. The van der Waals surface area contributed by atoms with Crippen molar-refractivity contribution in [2.24, 2.45) is 0 Å². The van der Waals surface area contributed by atoms with Crippen LogP contribution in [-0.4, -0.2) is 32.3 Å². The van der Waals surface area contributed by atoms with Crippen molar-refractivity contribution in [1.29, 1.82) is 0 Å². The Kier molecular flexibility index (Phi) is 4.64. The van der Waals surface area contributed by atoms with Gasteiger partial charge in [0.15, 0.2) is 0 Å². The third-order valence-electron chi connectivity index (χ3n) is 4.14. The van der Waals surface area contributed by atoms with E-state index in [0.717, 1.165) is 25.7 Å². The topological polar surface area (TPSA) is 24.5 Å². The molecule has 3 nitrogen and oxygen atoms in total. The Morgan fingerprint density at radius 3 is 2.85 bits per heavy atom. The molecule has 1 aromatic carbocycles. The van der Waals surface area contributed by atoms with Crippen LogP contribution in [0.1, 0.15) is 31.2 Å². The van der Waals surface area contributed by atoms with Crippen molar-refractivity contribution in [1.82, 2.24) is 5.32 Å². The number of nitrogens with one attached hydrogen (secondary N) is 1. The summed E-state index contributed by atoms with van der Waals surface area (Å²) >= 11 is 3.70. The van der Waals surface area contributed by atoms with E-state index >= 15 is 0 Å². The average molecular weight is 339 g/mol. The predicted molar refractivity (Wildman–Crippen MR) is 86.2 cm³/mol. The molecule has 1 aliphatic heterocycles. The zero-order chi connectivity index (χ0) is 13.9. The van der Waals surface area contributed by atoms with Crippen molar-refractivity contribution < 1.29 is 4.74 Å². The van der Waals surface area contributed by atoms with Gasteiger partial charge < -0.3 is 15.0 Å². The number of likely N-dealkylation sites (N-methyl/N-ethyl adjacent to an activating group) is 1. The van der Waals surface area contributed by atoms with Crippen molar-refractivity contribution in [3.8, 4) is 0 Å². The van der Waals surface area contributed by atoms with E-state index in [0.29, 0.717) is 6.10 Å².